The zero-order valence-corrected chi connectivity index (χ0v) is 19.1. The quantitative estimate of drug-likeness (QED) is 0.495. The van der Waals surface area contributed by atoms with Crippen molar-refractivity contribution in [1.82, 2.24) is 4.98 Å². The summed E-state index contributed by atoms with van der Waals surface area (Å²) in [6.07, 6.45) is 2.26. The summed E-state index contributed by atoms with van der Waals surface area (Å²) in [6, 6.07) is 0.973. The van der Waals surface area contributed by atoms with Gasteiger partial charge in [0.25, 0.3) is 0 Å². The van der Waals surface area contributed by atoms with Gasteiger partial charge in [-0.15, -0.1) is 6.42 Å². The zero-order valence-electron chi connectivity index (χ0n) is 17.5. The van der Waals surface area contributed by atoms with Gasteiger partial charge in [0.05, 0.1) is 14.5 Å². The molecular weight excluding hydrogens is 471 g/mol. The Morgan fingerprint density at radius 3 is 2.50 bits per heavy atom. The zero-order chi connectivity index (χ0) is 24.5. The van der Waals surface area contributed by atoms with Gasteiger partial charge in [0, 0.05) is 36.8 Å². The molecule has 2 rings (SSSR count). The summed E-state index contributed by atoms with van der Waals surface area (Å²) in [4.78, 5) is 3.02. The van der Waals surface area contributed by atoms with Crippen molar-refractivity contribution in [3.63, 3.8) is 0 Å². The molecule has 2 atom stereocenters. The van der Waals surface area contributed by atoms with Crippen LogP contribution in [-0.2, 0) is 24.4 Å². The number of aromatic hydroxyl groups is 1. The van der Waals surface area contributed by atoms with E-state index in [-0.39, 0.29) is 30.0 Å². The Kier molecular flexibility index (Phi) is 7.19. The second kappa shape index (κ2) is 8.88. The number of allylic oxidation sites excluding steroid dienone is 3. The van der Waals surface area contributed by atoms with Gasteiger partial charge in [-0.2, -0.15) is 13.2 Å². The molecule has 2 unspecified atom stereocenters. The lowest BCUT2D eigenvalue weighted by Gasteiger charge is -2.37. The van der Waals surface area contributed by atoms with Crippen LogP contribution in [0.2, 0.25) is 0 Å². The van der Waals surface area contributed by atoms with E-state index < -0.39 is 52.9 Å². The standard InChI is InChI=1S/C20H22F3NO6S2/c1-5-6-14(9-13(2)20(21,22)23)32(28,29)19(3)7-8-30-17(11-19)18-16(25)10-15(12-24-18)31(4,26)27/h1,6,9-10,12,17,25H,7-8,11H2,2-4H3/b13-9+,14-6+. The molecule has 32 heavy (non-hydrogen) atoms. The molecular formula is C20H22F3NO6S2. The minimum atomic E-state index is -4.74. The van der Waals surface area contributed by atoms with E-state index in [0.29, 0.717) is 6.08 Å². The van der Waals surface area contributed by atoms with Gasteiger partial charge in [0.1, 0.15) is 17.5 Å². The molecule has 0 spiro atoms. The topological polar surface area (TPSA) is 111 Å². The van der Waals surface area contributed by atoms with Crippen LogP contribution in [0, 0.1) is 12.3 Å². The third-order valence-corrected chi connectivity index (χ3v) is 8.77. The van der Waals surface area contributed by atoms with Gasteiger partial charge in [-0.05, 0) is 32.8 Å². The van der Waals surface area contributed by atoms with Crippen molar-refractivity contribution >= 4 is 19.7 Å². The van der Waals surface area contributed by atoms with E-state index in [1.54, 1.807) is 0 Å². The molecule has 1 fully saturated rings. The molecule has 1 aliphatic heterocycles. The van der Waals surface area contributed by atoms with Crippen molar-refractivity contribution < 1.29 is 39.9 Å². The lowest BCUT2D eigenvalue weighted by atomic mass is 9.94. The van der Waals surface area contributed by atoms with Crippen LogP contribution in [0.3, 0.4) is 0 Å². The second-order valence-electron chi connectivity index (χ2n) is 7.65. The summed E-state index contributed by atoms with van der Waals surface area (Å²) in [5.41, 5.74) is -1.21. The fourth-order valence-electron chi connectivity index (χ4n) is 3.14. The van der Waals surface area contributed by atoms with E-state index in [1.807, 2.05) is 5.92 Å². The summed E-state index contributed by atoms with van der Waals surface area (Å²) < 4.78 is 92.8. The SMILES string of the molecule is C#C/C=C(\C=C(/C)C(F)(F)F)S(=O)(=O)C1(C)CCOC(c2ncc(S(C)(=O)=O)cc2O)C1. The van der Waals surface area contributed by atoms with E-state index >= 15 is 0 Å². The van der Waals surface area contributed by atoms with Crippen molar-refractivity contribution in [2.24, 2.45) is 0 Å². The Hall–Kier alpha value is -2.36. The molecule has 1 aromatic heterocycles. The van der Waals surface area contributed by atoms with Gasteiger partial charge in [0.2, 0.25) is 0 Å². The normalized spacial score (nSPS) is 23.6. The average molecular weight is 494 g/mol. The lowest BCUT2D eigenvalue weighted by molar-refractivity contribution is -0.0913. The second-order valence-corrected chi connectivity index (χ2v) is 12.1. The highest BCUT2D eigenvalue weighted by Gasteiger charge is 2.47. The van der Waals surface area contributed by atoms with E-state index in [9.17, 15) is 35.1 Å². The van der Waals surface area contributed by atoms with E-state index in [2.05, 4.69) is 4.98 Å². The maximum atomic E-state index is 13.3. The largest absolute Gasteiger partial charge is 0.506 e. The smallest absolute Gasteiger partial charge is 0.412 e. The fourth-order valence-corrected chi connectivity index (χ4v) is 5.56. The highest BCUT2D eigenvalue weighted by Crippen LogP contribution is 2.44. The molecule has 7 nitrogen and oxygen atoms in total. The maximum Gasteiger partial charge on any atom is 0.412 e. The Morgan fingerprint density at radius 1 is 1.38 bits per heavy atom. The molecule has 12 heteroatoms. The van der Waals surface area contributed by atoms with E-state index in [0.717, 1.165) is 31.5 Å². The molecule has 1 aromatic rings. The Bertz CT molecular complexity index is 1210. The molecule has 0 aliphatic carbocycles. The maximum absolute atomic E-state index is 13.3. The van der Waals surface area contributed by atoms with Crippen LogP contribution in [0.5, 0.6) is 5.75 Å². The molecule has 0 amide bonds. The van der Waals surface area contributed by atoms with Crippen LogP contribution in [0.15, 0.2) is 39.8 Å². The molecule has 1 saturated heterocycles. The van der Waals surface area contributed by atoms with Crippen LogP contribution >= 0.6 is 0 Å². The molecule has 0 saturated carbocycles. The van der Waals surface area contributed by atoms with Crippen molar-refractivity contribution in [3.05, 3.63) is 40.6 Å². The van der Waals surface area contributed by atoms with Gasteiger partial charge in [-0.25, -0.2) is 16.8 Å². The third-order valence-electron chi connectivity index (χ3n) is 5.16. The number of pyridine rings is 1. The Morgan fingerprint density at radius 2 is 2.00 bits per heavy atom. The number of terminal acetylenes is 1. The first-order valence-corrected chi connectivity index (χ1v) is 12.6. The minimum absolute atomic E-state index is 0.0468. The number of hydrogen-bond donors (Lipinski definition) is 1. The number of rotatable bonds is 5. The number of halogens is 3. The predicted molar refractivity (Wildman–Crippen MR) is 111 cm³/mol. The highest BCUT2D eigenvalue weighted by atomic mass is 32.2. The van der Waals surface area contributed by atoms with Crippen molar-refractivity contribution in [2.75, 3.05) is 12.9 Å². The monoisotopic (exact) mass is 493 g/mol. The molecule has 176 valence electrons. The first-order valence-electron chi connectivity index (χ1n) is 9.20. The number of alkyl halides is 3. The summed E-state index contributed by atoms with van der Waals surface area (Å²) >= 11 is 0. The third kappa shape index (κ3) is 5.33. The number of nitrogens with zero attached hydrogens (tertiary/aromatic N) is 1. The van der Waals surface area contributed by atoms with E-state index in [4.69, 9.17) is 11.2 Å². The van der Waals surface area contributed by atoms with Crippen LogP contribution in [0.1, 0.15) is 38.5 Å². The minimum Gasteiger partial charge on any atom is -0.506 e. The summed E-state index contributed by atoms with van der Waals surface area (Å²) in [5.74, 6) is 1.46. The average Bonchev–Trinajstić information content (AvgIpc) is 2.65. The van der Waals surface area contributed by atoms with Crippen LogP contribution < -0.4 is 0 Å². The fraction of sp³-hybridized carbons (Fsp3) is 0.450. The number of hydrogen-bond acceptors (Lipinski definition) is 7. The van der Waals surface area contributed by atoms with Gasteiger partial charge in [-0.3, -0.25) is 4.98 Å². The van der Waals surface area contributed by atoms with Crippen molar-refractivity contribution in [3.8, 4) is 18.1 Å². The Labute approximate surface area is 184 Å². The van der Waals surface area contributed by atoms with Gasteiger partial charge in [-0.1, -0.05) is 5.92 Å². The van der Waals surface area contributed by atoms with Gasteiger partial charge >= 0.3 is 6.18 Å². The van der Waals surface area contributed by atoms with Gasteiger partial charge in [0.15, 0.2) is 19.7 Å². The number of ether oxygens (including phenoxy) is 1. The highest BCUT2D eigenvalue weighted by molar-refractivity contribution is 7.96. The molecule has 1 N–H and O–H groups in total. The molecule has 0 bridgehead atoms. The molecule has 2 heterocycles. The van der Waals surface area contributed by atoms with Crippen molar-refractivity contribution in [1.29, 1.82) is 0 Å². The van der Waals surface area contributed by atoms with Crippen LogP contribution in [0.4, 0.5) is 13.2 Å². The molecule has 0 radical (unpaired) electrons. The van der Waals surface area contributed by atoms with E-state index in [1.165, 1.54) is 6.92 Å². The number of sulfone groups is 2. The molecule has 0 aromatic carbocycles. The van der Waals surface area contributed by atoms with Crippen LogP contribution in [-0.4, -0.2) is 50.7 Å². The molecule has 1 aliphatic rings. The van der Waals surface area contributed by atoms with Gasteiger partial charge < -0.3 is 9.84 Å². The first kappa shape index (κ1) is 25.9. The Balaban J connectivity index is 2.48. The number of aromatic nitrogens is 1. The van der Waals surface area contributed by atoms with Crippen molar-refractivity contribution in [2.45, 2.75) is 48.6 Å². The van der Waals surface area contributed by atoms with Crippen LogP contribution in [0.25, 0.3) is 0 Å². The predicted octanol–water partition coefficient (Wildman–Crippen LogP) is 3.24. The summed E-state index contributed by atoms with van der Waals surface area (Å²) in [7, 11) is -8.01. The first-order chi connectivity index (χ1) is 14.5. The lowest BCUT2D eigenvalue weighted by Crippen LogP contribution is -2.42. The summed E-state index contributed by atoms with van der Waals surface area (Å²) in [5, 5.41) is 10.3. The summed E-state index contributed by atoms with van der Waals surface area (Å²) in [6.45, 7) is 1.99.